The van der Waals surface area contributed by atoms with Gasteiger partial charge in [0.25, 0.3) is 0 Å². The lowest BCUT2D eigenvalue weighted by Gasteiger charge is -2.03. The Morgan fingerprint density at radius 3 is 2.69 bits per heavy atom. The van der Waals surface area contributed by atoms with Crippen molar-refractivity contribution < 1.29 is 14.3 Å². The molecule has 1 unspecified atom stereocenters. The fourth-order valence-electron chi connectivity index (χ4n) is 0.977. The number of Topliss-reactive ketones (excluding diaryl/α,β-unsaturated/α-hetero) is 1. The average molecular weight is 182 g/mol. The van der Waals surface area contributed by atoms with E-state index in [0.29, 0.717) is 5.56 Å². The molecule has 0 bridgehead atoms. The summed E-state index contributed by atoms with van der Waals surface area (Å²) in [5.74, 6) is -0.776. The fourth-order valence-corrected chi connectivity index (χ4v) is 0.977. The number of carbonyl (C=O) groups is 1. The van der Waals surface area contributed by atoms with Gasteiger partial charge in [-0.25, -0.2) is 4.39 Å². The zero-order valence-electron chi connectivity index (χ0n) is 7.33. The second-order valence-electron chi connectivity index (χ2n) is 2.91. The van der Waals surface area contributed by atoms with E-state index in [2.05, 4.69) is 0 Å². The molecule has 0 fully saturated rings. The molecule has 0 heterocycles. The Hall–Kier alpha value is -1.22. The van der Waals surface area contributed by atoms with Crippen LogP contribution in [0.15, 0.2) is 24.3 Å². The van der Waals surface area contributed by atoms with E-state index in [1.807, 2.05) is 0 Å². The number of carbonyl (C=O) groups excluding carboxylic acids is 1. The fraction of sp³-hybridized carbons (Fsp3) is 0.300. The van der Waals surface area contributed by atoms with Gasteiger partial charge in [0.2, 0.25) is 0 Å². The van der Waals surface area contributed by atoms with Crippen LogP contribution in [0.4, 0.5) is 4.39 Å². The smallest absolute Gasteiger partial charge is 0.165 e. The van der Waals surface area contributed by atoms with Crippen molar-refractivity contribution in [3.63, 3.8) is 0 Å². The lowest BCUT2D eigenvalue weighted by atomic mass is 10.1. The molecule has 0 spiro atoms. The summed E-state index contributed by atoms with van der Waals surface area (Å²) in [7, 11) is 0. The highest BCUT2D eigenvalue weighted by Crippen LogP contribution is 2.08. The summed E-state index contributed by atoms with van der Waals surface area (Å²) in [5, 5.41) is 8.90. The largest absolute Gasteiger partial charge is 0.386 e. The summed E-state index contributed by atoms with van der Waals surface area (Å²) in [5.41, 5.74) is 0.327. The van der Waals surface area contributed by atoms with Crippen LogP contribution in [0.5, 0.6) is 0 Å². The van der Waals surface area contributed by atoms with Crippen molar-refractivity contribution >= 4 is 5.78 Å². The molecule has 1 N–H and O–H groups in total. The molecule has 0 aromatic heterocycles. The maximum absolute atomic E-state index is 13.0. The molecule has 13 heavy (non-hydrogen) atoms. The standard InChI is InChI=1S/C10H11FO2/c1-7(12)10(13)6-8-4-2-3-5-9(8)11/h2-5,7,12H,6H2,1H3. The molecule has 0 aliphatic carbocycles. The Morgan fingerprint density at radius 1 is 1.54 bits per heavy atom. The van der Waals surface area contributed by atoms with Crippen molar-refractivity contribution in [2.24, 2.45) is 0 Å². The molecule has 3 heteroatoms. The van der Waals surface area contributed by atoms with Gasteiger partial charge in [-0.1, -0.05) is 18.2 Å². The van der Waals surface area contributed by atoms with Crippen LogP contribution in [-0.2, 0) is 11.2 Å². The van der Waals surface area contributed by atoms with Gasteiger partial charge in [-0.05, 0) is 18.6 Å². The topological polar surface area (TPSA) is 37.3 Å². The van der Waals surface area contributed by atoms with Gasteiger partial charge in [-0.2, -0.15) is 0 Å². The third kappa shape index (κ3) is 2.63. The van der Waals surface area contributed by atoms with E-state index >= 15 is 0 Å². The molecule has 0 aliphatic heterocycles. The van der Waals surface area contributed by atoms with Crippen LogP contribution in [0.25, 0.3) is 0 Å². The Balaban J connectivity index is 2.75. The molecular formula is C10H11FO2. The minimum absolute atomic E-state index is 0.0513. The van der Waals surface area contributed by atoms with Crippen molar-refractivity contribution in [3.8, 4) is 0 Å². The third-order valence-corrected chi connectivity index (χ3v) is 1.79. The van der Waals surface area contributed by atoms with Crippen LogP contribution in [-0.4, -0.2) is 17.0 Å². The summed E-state index contributed by atoms with van der Waals surface area (Å²) in [6.07, 6.45) is -1.08. The second kappa shape index (κ2) is 4.14. The molecule has 0 aliphatic rings. The number of rotatable bonds is 3. The van der Waals surface area contributed by atoms with Crippen molar-refractivity contribution in [2.75, 3.05) is 0 Å². The molecule has 1 rings (SSSR count). The molecule has 1 aromatic rings. The van der Waals surface area contributed by atoms with E-state index in [4.69, 9.17) is 5.11 Å². The van der Waals surface area contributed by atoms with Crippen molar-refractivity contribution in [3.05, 3.63) is 35.6 Å². The summed E-state index contributed by atoms with van der Waals surface area (Å²) in [4.78, 5) is 11.0. The summed E-state index contributed by atoms with van der Waals surface area (Å²) >= 11 is 0. The number of halogens is 1. The lowest BCUT2D eigenvalue weighted by molar-refractivity contribution is -0.125. The highest BCUT2D eigenvalue weighted by Gasteiger charge is 2.11. The van der Waals surface area contributed by atoms with E-state index in [0.717, 1.165) is 0 Å². The van der Waals surface area contributed by atoms with E-state index in [9.17, 15) is 9.18 Å². The highest BCUT2D eigenvalue weighted by molar-refractivity contribution is 5.84. The SMILES string of the molecule is CC(O)C(=O)Cc1ccccc1F. The first kappa shape index (κ1) is 9.86. The van der Waals surface area contributed by atoms with Crippen LogP contribution in [0.1, 0.15) is 12.5 Å². The first-order chi connectivity index (χ1) is 6.11. The van der Waals surface area contributed by atoms with Crippen LogP contribution in [0.3, 0.4) is 0 Å². The maximum atomic E-state index is 13.0. The minimum atomic E-state index is -1.03. The van der Waals surface area contributed by atoms with Gasteiger partial charge in [0.05, 0.1) is 0 Å². The lowest BCUT2D eigenvalue weighted by Crippen LogP contribution is -2.18. The van der Waals surface area contributed by atoms with E-state index < -0.39 is 11.9 Å². The summed E-state index contributed by atoms with van der Waals surface area (Å²) < 4.78 is 13.0. The van der Waals surface area contributed by atoms with Crippen molar-refractivity contribution in [1.82, 2.24) is 0 Å². The van der Waals surface area contributed by atoms with Gasteiger partial charge in [0.1, 0.15) is 11.9 Å². The van der Waals surface area contributed by atoms with Gasteiger partial charge in [-0.3, -0.25) is 4.79 Å². The molecule has 0 saturated heterocycles. The van der Waals surface area contributed by atoms with Crippen LogP contribution < -0.4 is 0 Å². The number of hydrogen-bond acceptors (Lipinski definition) is 2. The van der Waals surface area contributed by atoms with Gasteiger partial charge in [0, 0.05) is 6.42 Å². The maximum Gasteiger partial charge on any atom is 0.165 e. The van der Waals surface area contributed by atoms with Crippen LogP contribution in [0, 0.1) is 5.82 Å². The zero-order valence-corrected chi connectivity index (χ0v) is 7.33. The first-order valence-corrected chi connectivity index (χ1v) is 4.05. The number of ketones is 1. The van der Waals surface area contributed by atoms with Gasteiger partial charge < -0.3 is 5.11 Å². The van der Waals surface area contributed by atoms with E-state index in [1.165, 1.54) is 19.1 Å². The van der Waals surface area contributed by atoms with Crippen molar-refractivity contribution in [1.29, 1.82) is 0 Å². The first-order valence-electron chi connectivity index (χ1n) is 4.05. The minimum Gasteiger partial charge on any atom is -0.386 e. The van der Waals surface area contributed by atoms with E-state index in [1.54, 1.807) is 12.1 Å². The number of hydrogen-bond donors (Lipinski definition) is 1. The normalized spacial score (nSPS) is 12.5. The van der Waals surface area contributed by atoms with Gasteiger partial charge in [0.15, 0.2) is 5.78 Å². The average Bonchev–Trinajstić information content (AvgIpc) is 2.08. The Bertz CT molecular complexity index is 308. The predicted octanol–water partition coefficient (Wildman–Crippen LogP) is 1.32. The van der Waals surface area contributed by atoms with Crippen LogP contribution in [0.2, 0.25) is 0 Å². The second-order valence-corrected chi connectivity index (χ2v) is 2.91. The molecule has 2 nitrogen and oxygen atoms in total. The third-order valence-electron chi connectivity index (χ3n) is 1.79. The summed E-state index contributed by atoms with van der Waals surface area (Å²) in [6.45, 7) is 1.38. The number of aliphatic hydroxyl groups excluding tert-OH is 1. The Labute approximate surface area is 76.0 Å². The number of benzene rings is 1. The monoisotopic (exact) mass is 182 g/mol. The molecular weight excluding hydrogens is 171 g/mol. The molecule has 0 radical (unpaired) electrons. The van der Waals surface area contributed by atoms with E-state index in [-0.39, 0.29) is 12.2 Å². The highest BCUT2D eigenvalue weighted by atomic mass is 19.1. The Kier molecular flexibility index (Phi) is 3.14. The molecule has 70 valence electrons. The van der Waals surface area contributed by atoms with Gasteiger partial charge >= 0.3 is 0 Å². The molecule has 1 aromatic carbocycles. The predicted molar refractivity (Wildman–Crippen MR) is 46.8 cm³/mol. The zero-order chi connectivity index (χ0) is 9.84. The van der Waals surface area contributed by atoms with Gasteiger partial charge in [-0.15, -0.1) is 0 Å². The quantitative estimate of drug-likeness (QED) is 0.765. The number of aliphatic hydroxyl groups is 1. The van der Waals surface area contributed by atoms with Crippen molar-refractivity contribution in [2.45, 2.75) is 19.4 Å². The molecule has 0 amide bonds. The van der Waals surface area contributed by atoms with Crippen LogP contribution >= 0.6 is 0 Å². The Morgan fingerprint density at radius 2 is 2.15 bits per heavy atom. The summed E-state index contributed by atoms with van der Waals surface area (Å²) in [6, 6.07) is 6.06. The molecule has 0 saturated carbocycles. The molecule has 1 atom stereocenters.